The van der Waals surface area contributed by atoms with E-state index in [2.05, 4.69) is 10.3 Å². The average Bonchev–Trinajstić information content (AvgIpc) is 3.20. The molecule has 0 saturated carbocycles. The van der Waals surface area contributed by atoms with Crippen LogP contribution < -0.4 is 5.32 Å². The fraction of sp³-hybridized carbons (Fsp3) is 0.450. The van der Waals surface area contributed by atoms with Crippen molar-refractivity contribution in [2.45, 2.75) is 31.7 Å². The highest BCUT2D eigenvalue weighted by molar-refractivity contribution is 5.91. The van der Waals surface area contributed by atoms with Crippen LogP contribution in [0.1, 0.15) is 24.8 Å². The number of aromatic amines is 1. The van der Waals surface area contributed by atoms with Gasteiger partial charge in [-0.05, 0) is 24.5 Å². The van der Waals surface area contributed by atoms with Crippen molar-refractivity contribution in [2.24, 2.45) is 0 Å². The number of hydrogen-bond donors (Lipinski definition) is 2. The Hall–Kier alpha value is -2.83. The zero-order valence-electron chi connectivity index (χ0n) is 15.2. The van der Waals surface area contributed by atoms with E-state index in [1.807, 2.05) is 35.4 Å². The Morgan fingerprint density at radius 1 is 1.07 bits per heavy atom. The minimum absolute atomic E-state index is 0.0215. The first-order valence-electron chi connectivity index (χ1n) is 9.53. The predicted octanol–water partition coefficient (Wildman–Crippen LogP) is 1.05. The number of fused-ring (bicyclic) bond motifs is 1. The Bertz CT molecular complexity index is 875. The topological polar surface area (TPSA) is 85.5 Å². The van der Waals surface area contributed by atoms with Crippen molar-refractivity contribution >= 4 is 28.6 Å². The predicted molar refractivity (Wildman–Crippen MR) is 101 cm³/mol. The van der Waals surface area contributed by atoms with Gasteiger partial charge in [0.05, 0.1) is 6.42 Å². The molecule has 2 N–H and O–H groups in total. The van der Waals surface area contributed by atoms with E-state index < -0.39 is 6.04 Å². The Balaban J connectivity index is 1.37. The van der Waals surface area contributed by atoms with Crippen molar-refractivity contribution in [1.82, 2.24) is 20.1 Å². The van der Waals surface area contributed by atoms with Gasteiger partial charge in [0.1, 0.15) is 6.04 Å². The van der Waals surface area contributed by atoms with Gasteiger partial charge in [0.2, 0.25) is 17.7 Å². The maximum atomic E-state index is 12.8. The van der Waals surface area contributed by atoms with Crippen molar-refractivity contribution in [1.29, 1.82) is 0 Å². The van der Waals surface area contributed by atoms with Gasteiger partial charge in [0.15, 0.2) is 0 Å². The first kappa shape index (κ1) is 17.6. The van der Waals surface area contributed by atoms with Crippen LogP contribution in [0.15, 0.2) is 30.5 Å². The molecule has 7 nitrogen and oxygen atoms in total. The average molecular weight is 368 g/mol. The number of nitrogens with one attached hydrogen (secondary N) is 2. The minimum Gasteiger partial charge on any atom is -0.361 e. The number of rotatable bonds is 3. The number of benzene rings is 1. The van der Waals surface area contributed by atoms with Gasteiger partial charge >= 0.3 is 0 Å². The molecule has 4 rings (SSSR count). The van der Waals surface area contributed by atoms with Gasteiger partial charge in [0.25, 0.3) is 0 Å². The zero-order valence-corrected chi connectivity index (χ0v) is 15.2. The molecule has 1 unspecified atom stereocenters. The van der Waals surface area contributed by atoms with Crippen molar-refractivity contribution in [3.63, 3.8) is 0 Å². The number of nitrogens with zero attached hydrogens (tertiary/aromatic N) is 2. The van der Waals surface area contributed by atoms with Crippen LogP contribution in [0.4, 0.5) is 0 Å². The van der Waals surface area contributed by atoms with Crippen molar-refractivity contribution in [3.05, 3.63) is 36.0 Å². The molecule has 1 aromatic heterocycles. The van der Waals surface area contributed by atoms with E-state index in [9.17, 15) is 14.4 Å². The molecule has 1 atom stereocenters. The highest BCUT2D eigenvalue weighted by Gasteiger charge is 2.32. The Kier molecular flexibility index (Phi) is 4.83. The number of carbonyl (C=O) groups excluding carboxylic acids is 3. The van der Waals surface area contributed by atoms with Gasteiger partial charge in [-0.15, -0.1) is 0 Å². The van der Waals surface area contributed by atoms with E-state index in [-0.39, 0.29) is 17.7 Å². The van der Waals surface area contributed by atoms with Crippen LogP contribution in [0.2, 0.25) is 0 Å². The molecule has 0 spiro atoms. The first-order chi connectivity index (χ1) is 13.1. The smallest absolute Gasteiger partial charge is 0.245 e. The molecule has 142 valence electrons. The molecule has 2 saturated heterocycles. The van der Waals surface area contributed by atoms with Crippen molar-refractivity contribution in [2.75, 3.05) is 26.2 Å². The monoisotopic (exact) mass is 368 g/mol. The second-order valence-corrected chi connectivity index (χ2v) is 7.25. The summed E-state index contributed by atoms with van der Waals surface area (Å²) < 4.78 is 0. The molecule has 0 bridgehead atoms. The molecule has 7 heteroatoms. The Morgan fingerprint density at radius 3 is 2.67 bits per heavy atom. The maximum Gasteiger partial charge on any atom is 0.245 e. The summed E-state index contributed by atoms with van der Waals surface area (Å²) in [4.78, 5) is 43.6. The lowest BCUT2D eigenvalue weighted by molar-refractivity contribution is -0.135. The van der Waals surface area contributed by atoms with E-state index in [0.717, 1.165) is 22.9 Å². The maximum absolute atomic E-state index is 12.8. The molecule has 2 aliphatic heterocycles. The van der Waals surface area contributed by atoms with Crippen LogP contribution >= 0.6 is 0 Å². The molecule has 2 fully saturated rings. The molecule has 0 aliphatic carbocycles. The number of para-hydroxylation sites is 1. The van der Waals surface area contributed by atoms with Crippen LogP contribution in [0.25, 0.3) is 10.9 Å². The van der Waals surface area contributed by atoms with E-state index in [1.165, 1.54) is 0 Å². The zero-order chi connectivity index (χ0) is 18.8. The fourth-order valence-electron chi connectivity index (χ4n) is 3.96. The quantitative estimate of drug-likeness (QED) is 0.849. The summed E-state index contributed by atoms with van der Waals surface area (Å²) in [5.41, 5.74) is 2.04. The summed E-state index contributed by atoms with van der Waals surface area (Å²) in [6.45, 7) is 2.34. The Morgan fingerprint density at radius 2 is 1.85 bits per heavy atom. The lowest BCUT2D eigenvalue weighted by Crippen LogP contribution is -2.46. The summed E-state index contributed by atoms with van der Waals surface area (Å²) in [7, 11) is 0. The van der Waals surface area contributed by atoms with Crippen molar-refractivity contribution < 1.29 is 14.4 Å². The largest absolute Gasteiger partial charge is 0.361 e. The molecule has 1 aromatic carbocycles. The standard InChI is InChI=1S/C20H24N4O3/c25-18-7-6-17(22-18)20(27)24-9-3-8-23(10-11-24)19(26)12-14-13-21-16-5-2-1-4-15(14)16/h1-2,4-5,13,17,21H,3,6-12H2,(H,22,25). The highest BCUT2D eigenvalue weighted by atomic mass is 16.2. The minimum atomic E-state index is -0.397. The number of H-pyrrole nitrogens is 1. The third-order valence-corrected chi connectivity index (χ3v) is 5.47. The number of hydrogen-bond acceptors (Lipinski definition) is 3. The highest BCUT2D eigenvalue weighted by Crippen LogP contribution is 2.19. The summed E-state index contributed by atoms with van der Waals surface area (Å²) >= 11 is 0. The van der Waals surface area contributed by atoms with E-state index in [4.69, 9.17) is 0 Å². The fourth-order valence-corrected chi connectivity index (χ4v) is 3.96. The molecule has 27 heavy (non-hydrogen) atoms. The summed E-state index contributed by atoms with van der Waals surface area (Å²) in [5.74, 6) is 0.00806. The van der Waals surface area contributed by atoms with Gasteiger partial charge in [-0.3, -0.25) is 14.4 Å². The summed E-state index contributed by atoms with van der Waals surface area (Å²) in [6.07, 6.45) is 4.00. The van der Waals surface area contributed by atoms with Crippen molar-refractivity contribution in [3.8, 4) is 0 Å². The van der Waals surface area contributed by atoms with Crippen LogP contribution in [0.5, 0.6) is 0 Å². The second kappa shape index (κ2) is 7.42. The third-order valence-electron chi connectivity index (χ3n) is 5.47. The van der Waals surface area contributed by atoms with Crippen LogP contribution in [-0.2, 0) is 20.8 Å². The molecule has 3 heterocycles. The molecule has 2 aliphatic rings. The van der Waals surface area contributed by atoms with Gasteiger partial charge in [-0.25, -0.2) is 0 Å². The summed E-state index contributed by atoms with van der Waals surface area (Å²) in [6, 6.07) is 7.57. The van der Waals surface area contributed by atoms with Gasteiger partial charge < -0.3 is 20.1 Å². The Labute approximate surface area is 157 Å². The summed E-state index contributed by atoms with van der Waals surface area (Å²) in [5, 5.41) is 3.82. The third kappa shape index (κ3) is 3.67. The van der Waals surface area contributed by atoms with Crippen LogP contribution in [0.3, 0.4) is 0 Å². The lowest BCUT2D eigenvalue weighted by atomic mass is 10.1. The SMILES string of the molecule is O=C1CCC(C(=O)N2CCCN(C(=O)Cc3c[nH]c4ccccc34)CC2)N1. The van der Waals surface area contributed by atoms with Gasteiger partial charge in [0, 0.05) is 49.7 Å². The molecular formula is C20H24N4O3. The van der Waals surface area contributed by atoms with Gasteiger partial charge in [-0.1, -0.05) is 18.2 Å². The lowest BCUT2D eigenvalue weighted by Gasteiger charge is -2.24. The number of aromatic nitrogens is 1. The van der Waals surface area contributed by atoms with Gasteiger partial charge in [-0.2, -0.15) is 0 Å². The number of carbonyl (C=O) groups is 3. The van der Waals surface area contributed by atoms with E-state index in [1.54, 1.807) is 4.90 Å². The molecule has 2 aromatic rings. The molecule has 0 radical (unpaired) electrons. The van der Waals surface area contributed by atoms with Crippen LogP contribution in [-0.4, -0.2) is 64.7 Å². The van der Waals surface area contributed by atoms with E-state index >= 15 is 0 Å². The van der Waals surface area contributed by atoms with Crippen LogP contribution in [0, 0.1) is 0 Å². The normalized spacial score (nSPS) is 20.6. The second-order valence-electron chi connectivity index (χ2n) is 7.25. The van der Waals surface area contributed by atoms with E-state index in [0.29, 0.717) is 45.4 Å². The number of amides is 3. The molecular weight excluding hydrogens is 344 g/mol. The molecule has 3 amide bonds. The first-order valence-corrected chi connectivity index (χ1v) is 9.53.